The van der Waals surface area contributed by atoms with Gasteiger partial charge in [-0.25, -0.2) is 4.98 Å². The van der Waals surface area contributed by atoms with Crippen LogP contribution in [0.3, 0.4) is 0 Å². The standard InChI is InChI=1S/C17H15ClN2O/c1-10-9-16(19-13-6-3-5-12(18)11(13)2)20-14-7-4-8-15(21)17(10)14/h3-9,21H,1-2H3,(H,19,20). The van der Waals surface area contributed by atoms with E-state index in [2.05, 4.69) is 10.3 Å². The number of nitrogens with zero attached hydrogens (tertiary/aromatic N) is 1. The van der Waals surface area contributed by atoms with Gasteiger partial charge in [0, 0.05) is 16.1 Å². The highest BCUT2D eigenvalue weighted by atomic mass is 35.5. The molecule has 2 N–H and O–H groups in total. The van der Waals surface area contributed by atoms with E-state index in [1.165, 1.54) is 0 Å². The second kappa shape index (κ2) is 5.26. The maximum Gasteiger partial charge on any atom is 0.131 e. The van der Waals surface area contributed by atoms with Gasteiger partial charge in [-0.3, -0.25) is 0 Å². The Bertz CT molecular complexity index is 830. The normalized spacial score (nSPS) is 10.8. The van der Waals surface area contributed by atoms with Crippen molar-refractivity contribution < 1.29 is 5.11 Å². The molecule has 106 valence electrons. The third-order valence-corrected chi connectivity index (χ3v) is 3.95. The summed E-state index contributed by atoms with van der Waals surface area (Å²) in [6.07, 6.45) is 0. The first-order chi connectivity index (χ1) is 10.1. The molecule has 3 nitrogen and oxygen atoms in total. The number of benzene rings is 2. The van der Waals surface area contributed by atoms with E-state index in [4.69, 9.17) is 11.6 Å². The van der Waals surface area contributed by atoms with Crippen molar-refractivity contribution in [2.75, 3.05) is 5.32 Å². The van der Waals surface area contributed by atoms with E-state index in [1.807, 2.05) is 44.2 Å². The summed E-state index contributed by atoms with van der Waals surface area (Å²) in [6, 6.07) is 13.0. The molecule has 1 aromatic heterocycles. The molecule has 3 aromatic rings. The summed E-state index contributed by atoms with van der Waals surface area (Å²) in [4.78, 5) is 4.55. The smallest absolute Gasteiger partial charge is 0.131 e. The van der Waals surface area contributed by atoms with Gasteiger partial charge >= 0.3 is 0 Å². The topological polar surface area (TPSA) is 45.1 Å². The van der Waals surface area contributed by atoms with Crippen molar-refractivity contribution in [1.82, 2.24) is 4.98 Å². The fourth-order valence-electron chi connectivity index (χ4n) is 2.41. The number of phenolic OH excluding ortho intramolecular Hbond substituents is 1. The molecule has 2 aromatic carbocycles. The van der Waals surface area contributed by atoms with Gasteiger partial charge < -0.3 is 10.4 Å². The minimum atomic E-state index is 0.253. The summed E-state index contributed by atoms with van der Waals surface area (Å²) >= 11 is 6.13. The highest BCUT2D eigenvalue weighted by Gasteiger charge is 2.08. The van der Waals surface area contributed by atoms with Crippen LogP contribution < -0.4 is 5.32 Å². The number of anilines is 2. The lowest BCUT2D eigenvalue weighted by molar-refractivity contribution is 0.481. The van der Waals surface area contributed by atoms with E-state index in [-0.39, 0.29) is 5.75 Å². The maximum atomic E-state index is 9.94. The Hall–Kier alpha value is -2.26. The first-order valence-corrected chi connectivity index (χ1v) is 7.05. The van der Waals surface area contributed by atoms with Crippen molar-refractivity contribution in [3.63, 3.8) is 0 Å². The van der Waals surface area contributed by atoms with Crippen LogP contribution in [-0.2, 0) is 0 Å². The Balaban J connectivity index is 2.08. The van der Waals surface area contributed by atoms with Gasteiger partial charge in [-0.1, -0.05) is 23.7 Å². The molecule has 0 aliphatic rings. The molecule has 0 aliphatic heterocycles. The van der Waals surface area contributed by atoms with Crippen LogP contribution in [0, 0.1) is 13.8 Å². The molecule has 0 radical (unpaired) electrons. The molecule has 21 heavy (non-hydrogen) atoms. The van der Waals surface area contributed by atoms with Crippen molar-refractivity contribution in [3.05, 3.63) is 58.6 Å². The Morgan fingerprint density at radius 1 is 1.10 bits per heavy atom. The van der Waals surface area contributed by atoms with Crippen molar-refractivity contribution >= 4 is 34.0 Å². The summed E-state index contributed by atoms with van der Waals surface area (Å²) in [5.74, 6) is 0.985. The van der Waals surface area contributed by atoms with Crippen molar-refractivity contribution in [1.29, 1.82) is 0 Å². The predicted molar refractivity (Wildman–Crippen MR) is 87.6 cm³/mol. The van der Waals surface area contributed by atoms with E-state index in [1.54, 1.807) is 12.1 Å². The average Bonchev–Trinajstić information content (AvgIpc) is 2.43. The summed E-state index contributed by atoms with van der Waals surface area (Å²) < 4.78 is 0. The average molecular weight is 299 g/mol. The van der Waals surface area contributed by atoms with Crippen molar-refractivity contribution in [3.8, 4) is 5.75 Å². The van der Waals surface area contributed by atoms with E-state index < -0.39 is 0 Å². The molecule has 3 rings (SSSR count). The van der Waals surface area contributed by atoms with Crippen LogP contribution in [0.4, 0.5) is 11.5 Å². The number of hydrogen-bond donors (Lipinski definition) is 2. The first-order valence-electron chi connectivity index (χ1n) is 6.68. The molecule has 0 amide bonds. The van der Waals surface area contributed by atoms with Gasteiger partial charge in [-0.15, -0.1) is 0 Å². The number of hydrogen-bond acceptors (Lipinski definition) is 3. The Labute approximate surface area is 128 Å². The predicted octanol–water partition coefficient (Wildman–Crippen LogP) is 4.95. The fourth-order valence-corrected chi connectivity index (χ4v) is 2.58. The number of nitrogens with one attached hydrogen (secondary N) is 1. The second-order valence-corrected chi connectivity index (χ2v) is 5.44. The lowest BCUT2D eigenvalue weighted by atomic mass is 10.1. The molecule has 0 spiro atoms. The number of pyridine rings is 1. The number of rotatable bonds is 2. The van der Waals surface area contributed by atoms with Crippen LogP contribution >= 0.6 is 11.6 Å². The molecule has 0 fully saturated rings. The SMILES string of the molecule is Cc1c(Cl)cccc1Nc1cc(C)c2c(O)cccc2n1. The second-order valence-electron chi connectivity index (χ2n) is 5.03. The van der Waals surface area contributed by atoms with E-state index in [9.17, 15) is 5.11 Å². The number of aromatic hydroxyl groups is 1. The minimum Gasteiger partial charge on any atom is -0.507 e. The monoisotopic (exact) mass is 298 g/mol. The maximum absolute atomic E-state index is 9.94. The third-order valence-electron chi connectivity index (χ3n) is 3.54. The van der Waals surface area contributed by atoms with Gasteiger partial charge in [-0.05, 0) is 55.3 Å². The number of halogens is 1. The number of aromatic nitrogens is 1. The van der Waals surface area contributed by atoms with Crippen LogP contribution in [0.5, 0.6) is 5.75 Å². The van der Waals surface area contributed by atoms with Crippen molar-refractivity contribution in [2.24, 2.45) is 0 Å². The molecule has 1 heterocycles. The van der Waals surface area contributed by atoms with Crippen LogP contribution in [0.2, 0.25) is 5.02 Å². The van der Waals surface area contributed by atoms with Crippen LogP contribution in [0.1, 0.15) is 11.1 Å². The highest BCUT2D eigenvalue weighted by Crippen LogP contribution is 2.30. The van der Waals surface area contributed by atoms with E-state index in [0.29, 0.717) is 0 Å². The Kier molecular flexibility index (Phi) is 3.43. The quantitative estimate of drug-likeness (QED) is 0.703. The summed E-state index contributed by atoms with van der Waals surface area (Å²) in [5.41, 5.74) is 3.64. The molecule has 0 saturated carbocycles. The largest absolute Gasteiger partial charge is 0.507 e. The number of fused-ring (bicyclic) bond motifs is 1. The fraction of sp³-hybridized carbons (Fsp3) is 0.118. The van der Waals surface area contributed by atoms with Gasteiger partial charge in [0.2, 0.25) is 0 Å². The van der Waals surface area contributed by atoms with Gasteiger partial charge in [-0.2, -0.15) is 0 Å². The number of aryl methyl sites for hydroxylation is 1. The molecule has 4 heteroatoms. The zero-order valence-corrected chi connectivity index (χ0v) is 12.6. The van der Waals surface area contributed by atoms with Gasteiger partial charge in [0.25, 0.3) is 0 Å². The third kappa shape index (κ3) is 2.52. The molecular formula is C17H15ClN2O. The lowest BCUT2D eigenvalue weighted by Crippen LogP contribution is -1.97. The van der Waals surface area contributed by atoms with E-state index >= 15 is 0 Å². The van der Waals surface area contributed by atoms with Crippen LogP contribution in [-0.4, -0.2) is 10.1 Å². The van der Waals surface area contributed by atoms with Gasteiger partial charge in [0.1, 0.15) is 11.6 Å². The summed E-state index contributed by atoms with van der Waals surface area (Å²) in [6.45, 7) is 3.92. The Morgan fingerprint density at radius 2 is 1.86 bits per heavy atom. The van der Waals surface area contributed by atoms with Crippen LogP contribution in [0.15, 0.2) is 42.5 Å². The zero-order valence-electron chi connectivity index (χ0n) is 11.8. The van der Waals surface area contributed by atoms with E-state index in [0.717, 1.165) is 38.6 Å². The van der Waals surface area contributed by atoms with Gasteiger partial charge in [0.15, 0.2) is 0 Å². The van der Waals surface area contributed by atoms with Crippen molar-refractivity contribution in [2.45, 2.75) is 13.8 Å². The minimum absolute atomic E-state index is 0.253. The van der Waals surface area contributed by atoms with Gasteiger partial charge in [0.05, 0.1) is 5.52 Å². The first kappa shape index (κ1) is 13.7. The van der Waals surface area contributed by atoms with Crippen LogP contribution in [0.25, 0.3) is 10.9 Å². The number of phenols is 1. The molecule has 0 saturated heterocycles. The Morgan fingerprint density at radius 3 is 2.67 bits per heavy atom. The molecule has 0 unspecified atom stereocenters. The lowest BCUT2D eigenvalue weighted by Gasteiger charge is -2.12. The highest BCUT2D eigenvalue weighted by molar-refractivity contribution is 6.31. The zero-order chi connectivity index (χ0) is 15.0. The molecule has 0 aliphatic carbocycles. The molecule has 0 bridgehead atoms. The summed E-state index contributed by atoms with van der Waals surface area (Å²) in [7, 11) is 0. The summed E-state index contributed by atoms with van der Waals surface area (Å²) in [5, 5.41) is 14.7. The molecular weight excluding hydrogens is 284 g/mol. The molecule has 0 atom stereocenters.